The lowest BCUT2D eigenvalue weighted by atomic mass is 9.74. The van der Waals surface area contributed by atoms with Crippen LogP contribution in [-0.4, -0.2) is 11.0 Å². The lowest BCUT2D eigenvalue weighted by Gasteiger charge is -2.38. The number of nitrogens with one attached hydrogen (secondary N) is 1. The van der Waals surface area contributed by atoms with E-state index in [1.54, 1.807) is 0 Å². The molecule has 1 fully saturated rings. The van der Waals surface area contributed by atoms with E-state index in [4.69, 9.17) is 0 Å². The smallest absolute Gasteiger partial charge is 0.272 e. The largest absolute Gasteiger partial charge is 0.380 e. The van der Waals surface area contributed by atoms with Gasteiger partial charge in [-0.1, -0.05) is 27.2 Å². The molecule has 116 valence electrons. The zero-order valence-corrected chi connectivity index (χ0v) is 12.8. The molecule has 21 heavy (non-hydrogen) atoms. The summed E-state index contributed by atoms with van der Waals surface area (Å²) in [5, 5.41) is 13.9. The Kier molecular flexibility index (Phi) is 4.80. The van der Waals surface area contributed by atoms with Gasteiger partial charge in [-0.05, 0) is 36.7 Å². The molecular formula is C16H23FN2O2. The molecule has 1 aromatic carbocycles. The van der Waals surface area contributed by atoms with Crippen LogP contribution in [-0.2, 0) is 0 Å². The van der Waals surface area contributed by atoms with Crippen LogP contribution in [0.4, 0.5) is 15.8 Å². The first kappa shape index (κ1) is 15.7. The fourth-order valence-corrected chi connectivity index (χ4v) is 3.30. The molecule has 0 bridgehead atoms. The Morgan fingerprint density at radius 1 is 1.38 bits per heavy atom. The van der Waals surface area contributed by atoms with Crippen molar-refractivity contribution < 1.29 is 9.31 Å². The molecule has 1 saturated carbocycles. The maximum absolute atomic E-state index is 14.0. The van der Waals surface area contributed by atoms with E-state index >= 15 is 0 Å². The van der Waals surface area contributed by atoms with Crippen molar-refractivity contribution in [2.75, 3.05) is 5.32 Å². The minimum atomic E-state index is -0.577. The predicted molar refractivity (Wildman–Crippen MR) is 81.8 cm³/mol. The van der Waals surface area contributed by atoms with Crippen LogP contribution >= 0.6 is 0 Å². The van der Waals surface area contributed by atoms with E-state index in [9.17, 15) is 14.5 Å². The highest BCUT2D eigenvalue weighted by atomic mass is 19.1. The van der Waals surface area contributed by atoms with Gasteiger partial charge in [-0.15, -0.1) is 0 Å². The maximum Gasteiger partial charge on any atom is 0.272 e. The van der Waals surface area contributed by atoms with Crippen LogP contribution in [0, 0.1) is 33.7 Å². The normalized spacial score (nSPS) is 25.9. The number of benzene rings is 1. The molecule has 0 heterocycles. The molecule has 0 saturated heterocycles. The number of hydrogen-bond acceptors (Lipinski definition) is 3. The monoisotopic (exact) mass is 294 g/mol. The molecular weight excluding hydrogens is 271 g/mol. The average molecular weight is 294 g/mol. The molecule has 1 aliphatic carbocycles. The van der Waals surface area contributed by atoms with Crippen molar-refractivity contribution in [1.29, 1.82) is 0 Å². The van der Waals surface area contributed by atoms with Gasteiger partial charge in [-0.25, -0.2) is 4.39 Å². The van der Waals surface area contributed by atoms with Gasteiger partial charge in [0, 0.05) is 12.1 Å². The third-order valence-electron chi connectivity index (χ3n) is 4.53. The Morgan fingerprint density at radius 2 is 2.10 bits per heavy atom. The molecule has 0 amide bonds. The Balaban J connectivity index is 2.16. The summed E-state index contributed by atoms with van der Waals surface area (Å²) in [7, 11) is 0. The van der Waals surface area contributed by atoms with Crippen LogP contribution in [0.1, 0.15) is 40.0 Å². The first-order chi connectivity index (χ1) is 9.88. The third-order valence-corrected chi connectivity index (χ3v) is 4.53. The lowest BCUT2D eigenvalue weighted by Crippen LogP contribution is -2.38. The highest BCUT2D eigenvalue weighted by Gasteiger charge is 2.31. The van der Waals surface area contributed by atoms with Gasteiger partial charge >= 0.3 is 0 Å². The summed E-state index contributed by atoms with van der Waals surface area (Å²) in [4.78, 5) is 10.1. The van der Waals surface area contributed by atoms with E-state index in [0.29, 0.717) is 23.4 Å². The zero-order valence-electron chi connectivity index (χ0n) is 12.8. The standard InChI is InChI=1S/C16H23FN2O2/c1-10(2)13-6-4-11(3)8-16(13)18-15-7-5-12(19(20)21)9-14(15)17/h5,7,9-11,13,16,18H,4,6,8H2,1-3H3. The van der Waals surface area contributed by atoms with Gasteiger partial charge < -0.3 is 5.32 Å². The van der Waals surface area contributed by atoms with Crippen molar-refractivity contribution in [3.8, 4) is 0 Å². The molecule has 5 heteroatoms. The van der Waals surface area contributed by atoms with Gasteiger partial charge in [0.05, 0.1) is 16.7 Å². The van der Waals surface area contributed by atoms with Crippen molar-refractivity contribution in [3.05, 3.63) is 34.1 Å². The maximum atomic E-state index is 14.0. The van der Waals surface area contributed by atoms with Crippen molar-refractivity contribution >= 4 is 11.4 Å². The van der Waals surface area contributed by atoms with Crippen molar-refractivity contribution in [3.63, 3.8) is 0 Å². The molecule has 3 unspecified atom stereocenters. The van der Waals surface area contributed by atoms with E-state index in [1.165, 1.54) is 18.6 Å². The molecule has 3 atom stereocenters. The average Bonchev–Trinajstić information content (AvgIpc) is 2.40. The quantitative estimate of drug-likeness (QED) is 0.652. The highest BCUT2D eigenvalue weighted by Crippen LogP contribution is 2.35. The summed E-state index contributed by atoms with van der Waals surface area (Å²) < 4.78 is 14.0. The van der Waals surface area contributed by atoms with Gasteiger partial charge in [0.15, 0.2) is 5.82 Å². The first-order valence-electron chi connectivity index (χ1n) is 7.59. The fourth-order valence-electron chi connectivity index (χ4n) is 3.30. The van der Waals surface area contributed by atoms with Crippen molar-refractivity contribution in [1.82, 2.24) is 0 Å². The molecule has 0 radical (unpaired) electrons. The number of non-ortho nitro benzene ring substituents is 1. The molecule has 0 aromatic heterocycles. The Morgan fingerprint density at radius 3 is 2.67 bits per heavy atom. The molecule has 1 aromatic rings. The molecule has 1 N–H and O–H groups in total. The van der Waals surface area contributed by atoms with Crippen molar-refractivity contribution in [2.45, 2.75) is 46.1 Å². The Bertz CT molecular complexity index is 519. The summed E-state index contributed by atoms with van der Waals surface area (Å²) in [6.45, 7) is 6.61. The van der Waals surface area contributed by atoms with E-state index in [0.717, 1.165) is 18.9 Å². The number of nitro groups is 1. The van der Waals surface area contributed by atoms with Crippen LogP contribution in [0.5, 0.6) is 0 Å². The highest BCUT2D eigenvalue weighted by molar-refractivity contribution is 5.50. The van der Waals surface area contributed by atoms with E-state index in [2.05, 4.69) is 26.1 Å². The summed E-state index contributed by atoms with van der Waals surface area (Å²) in [6.07, 6.45) is 3.37. The first-order valence-corrected chi connectivity index (χ1v) is 7.59. The molecule has 2 rings (SSSR count). The van der Waals surface area contributed by atoms with Crippen LogP contribution in [0.25, 0.3) is 0 Å². The fraction of sp³-hybridized carbons (Fsp3) is 0.625. The van der Waals surface area contributed by atoms with E-state index in [1.807, 2.05) is 0 Å². The number of anilines is 1. The molecule has 4 nitrogen and oxygen atoms in total. The SMILES string of the molecule is CC1CCC(C(C)C)C(Nc2ccc([N+](=O)[O-])cc2F)C1. The number of nitrogens with zero attached hydrogens (tertiary/aromatic N) is 1. The minimum Gasteiger partial charge on any atom is -0.380 e. The number of rotatable bonds is 4. The van der Waals surface area contributed by atoms with Crippen LogP contribution in [0.2, 0.25) is 0 Å². The molecule has 1 aliphatic rings. The topological polar surface area (TPSA) is 55.2 Å². The van der Waals surface area contributed by atoms with Crippen LogP contribution < -0.4 is 5.32 Å². The second-order valence-electron chi connectivity index (χ2n) is 6.50. The number of halogens is 1. The van der Waals surface area contributed by atoms with E-state index in [-0.39, 0.29) is 11.7 Å². The number of nitro benzene ring substituents is 1. The Hall–Kier alpha value is -1.65. The van der Waals surface area contributed by atoms with Crippen molar-refractivity contribution in [2.24, 2.45) is 17.8 Å². The third kappa shape index (κ3) is 3.71. The summed E-state index contributed by atoms with van der Waals surface area (Å²) in [6, 6.07) is 4.04. The van der Waals surface area contributed by atoms with Gasteiger partial charge in [-0.3, -0.25) is 10.1 Å². The van der Waals surface area contributed by atoms with Gasteiger partial charge in [0.2, 0.25) is 0 Å². The van der Waals surface area contributed by atoms with Crippen LogP contribution in [0.15, 0.2) is 18.2 Å². The minimum absolute atomic E-state index is 0.213. The molecule has 0 aliphatic heterocycles. The van der Waals surface area contributed by atoms with Gasteiger partial charge in [-0.2, -0.15) is 0 Å². The predicted octanol–water partition coefficient (Wildman–Crippen LogP) is 4.61. The Labute approximate surface area is 124 Å². The lowest BCUT2D eigenvalue weighted by molar-refractivity contribution is -0.385. The summed E-state index contributed by atoms with van der Waals surface area (Å²) >= 11 is 0. The second kappa shape index (κ2) is 6.41. The van der Waals surface area contributed by atoms with Gasteiger partial charge in [0.1, 0.15) is 0 Å². The zero-order chi connectivity index (χ0) is 15.6. The van der Waals surface area contributed by atoms with E-state index < -0.39 is 10.7 Å². The summed E-state index contributed by atoms with van der Waals surface area (Å²) in [5.74, 6) is 1.12. The molecule has 0 spiro atoms. The van der Waals surface area contributed by atoms with Crippen LogP contribution in [0.3, 0.4) is 0 Å². The van der Waals surface area contributed by atoms with Gasteiger partial charge in [0.25, 0.3) is 5.69 Å². The second-order valence-corrected chi connectivity index (χ2v) is 6.50. The number of hydrogen-bond donors (Lipinski definition) is 1. The summed E-state index contributed by atoms with van der Waals surface area (Å²) in [5.41, 5.74) is 0.154.